The molecule has 1 fully saturated rings. The average molecular weight is 311 g/mol. The van der Waals surface area contributed by atoms with Gasteiger partial charge in [-0.1, -0.05) is 0 Å². The molecule has 2 heterocycles. The molecule has 0 aromatic carbocycles. The smallest absolute Gasteiger partial charge is 0.394 e. The van der Waals surface area contributed by atoms with E-state index in [1.807, 2.05) is 0 Å². The van der Waals surface area contributed by atoms with Crippen molar-refractivity contribution in [1.29, 1.82) is 0 Å². The SMILES string of the molecule is Nc1cc(C2CNCCC2(F)F)cn(CC(F)(F)F)c1=O. The van der Waals surface area contributed by atoms with Crippen LogP contribution in [0, 0.1) is 0 Å². The molecule has 3 N–H and O–H groups in total. The molecule has 1 unspecified atom stereocenters. The first kappa shape index (κ1) is 15.7. The highest BCUT2D eigenvalue weighted by Crippen LogP contribution is 2.38. The van der Waals surface area contributed by atoms with E-state index < -0.39 is 42.2 Å². The monoisotopic (exact) mass is 311 g/mol. The number of rotatable bonds is 2. The summed E-state index contributed by atoms with van der Waals surface area (Å²) in [5, 5.41) is 2.76. The van der Waals surface area contributed by atoms with Crippen LogP contribution in [-0.2, 0) is 6.54 Å². The second kappa shape index (κ2) is 5.28. The molecule has 9 heteroatoms. The zero-order valence-electron chi connectivity index (χ0n) is 10.9. The predicted molar refractivity (Wildman–Crippen MR) is 66.3 cm³/mol. The van der Waals surface area contributed by atoms with Gasteiger partial charge in [0.05, 0.1) is 11.6 Å². The third-order valence-corrected chi connectivity index (χ3v) is 3.38. The Balaban J connectivity index is 2.43. The molecule has 1 aliphatic rings. The molecule has 0 aliphatic carbocycles. The highest BCUT2D eigenvalue weighted by atomic mass is 19.4. The lowest BCUT2D eigenvalue weighted by atomic mass is 9.88. The minimum atomic E-state index is -4.64. The van der Waals surface area contributed by atoms with Crippen molar-refractivity contribution in [2.45, 2.75) is 31.0 Å². The van der Waals surface area contributed by atoms with Crippen LogP contribution in [0.15, 0.2) is 17.1 Å². The standard InChI is InChI=1S/C12H14F5N3O/c13-11(14)1-2-19-4-8(11)7-3-9(18)10(21)20(5-7)6-12(15,16)17/h3,5,8,19H,1-2,4,6,18H2. The first-order valence-corrected chi connectivity index (χ1v) is 6.25. The highest BCUT2D eigenvalue weighted by Gasteiger charge is 2.43. The topological polar surface area (TPSA) is 60.0 Å². The van der Waals surface area contributed by atoms with Crippen LogP contribution in [0.5, 0.6) is 0 Å². The fraction of sp³-hybridized carbons (Fsp3) is 0.583. The van der Waals surface area contributed by atoms with Crippen LogP contribution in [0.3, 0.4) is 0 Å². The molecule has 0 radical (unpaired) electrons. The van der Waals surface area contributed by atoms with Gasteiger partial charge in [-0.3, -0.25) is 4.79 Å². The maximum atomic E-state index is 13.9. The summed E-state index contributed by atoms with van der Waals surface area (Å²) in [6.07, 6.45) is -4.24. The van der Waals surface area contributed by atoms with E-state index >= 15 is 0 Å². The van der Waals surface area contributed by atoms with Gasteiger partial charge >= 0.3 is 6.18 Å². The molecule has 2 rings (SSSR count). The van der Waals surface area contributed by atoms with E-state index in [1.165, 1.54) is 0 Å². The van der Waals surface area contributed by atoms with Crippen LogP contribution in [-0.4, -0.2) is 29.8 Å². The van der Waals surface area contributed by atoms with Gasteiger partial charge in [-0.05, 0) is 11.6 Å². The second-order valence-electron chi connectivity index (χ2n) is 5.04. The van der Waals surface area contributed by atoms with Gasteiger partial charge in [0.15, 0.2) is 0 Å². The fourth-order valence-corrected chi connectivity index (χ4v) is 2.37. The van der Waals surface area contributed by atoms with E-state index in [0.717, 1.165) is 12.3 Å². The number of halogens is 5. The molecular weight excluding hydrogens is 297 g/mol. The van der Waals surface area contributed by atoms with E-state index in [0.29, 0.717) is 4.57 Å². The number of hydrogen-bond acceptors (Lipinski definition) is 3. The van der Waals surface area contributed by atoms with Crippen LogP contribution in [0.2, 0.25) is 0 Å². The summed E-state index contributed by atoms with van der Waals surface area (Å²) in [5.74, 6) is -4.37. The van der Waals surface area contributed by atoms with Gasteiger partial charge in [-0.2, -0.15) is 13.2 Å². The Bertz CT molecular complexity index is 581. The van der Waals surface area contributed by atoms with Gasteiger partial charge in [-0.15, -0.1) is 0 Å². The van der Waals surface area contributed by atoms with Crippen molar-refractivity contribution >= 4 is 5.69 Å². The van der Waals surface area contributed by atoms with Crippen LogP contribution in [0.4, 0.5) is 27.6 Å². The Morgan fingerprint density at radius 2 is 2.10 bits per heavy atom. The molecule has 1 aromatic rings. The maximum absolute atomic E-state index is 13.9. The molecular formula is C12H14F5N3O. The molecule has 1 atom stereocenters. The lowest BCUT2D eigenvalue weighted by molar-refractivity contribution is -0.141. The average Bonchev–Trinajstić information content (AvgIpc) is 2.32. The van der Waals surface area contributed by atoms with E-state index in [2.05, 4.69) is 5.32 Å². The number of nitrogens with two attached hydrogens (primary N) is 1. The Morgan fingerprint density at radius 3 is 2.67 bits per heavy atom. The predicted octanol–water partition coefficient (Wildman–Crippen LogP) is 1.71. The van der Waals surface area contributed by atoms with Gasteiger partial charge in [0.2, 0.25) is 0 Å². The Hall–Kier alpha value is -1.64. The summed E-state index contributed by atoms with van der Waals surface area (Å²) in [6.45, 7) is -1.52. The molecule has 1 aliphatic heterocycles. The number of anilines is 1. The van der Waals surface area contributed by atoms with E-state index in [4.69, 9.17) is 5.73 Å². The van der Waals surface area contributed by atoms with Crippen LogP contribution in [0.25, 0.3) is 0 Å². The van der Waals surface area contributed by atoms with Crippen LogP contribution in [0.1, 0.15) is 17.9 Å². The molecule has 1 aromatic heterocycles. The molecule has 0 saturated carbocycles. The summed E-state index contributed by atoms with van der Waals surface area (Å²) in [6, 6.07) is 1.03. The third kappa shape index (κ3) is 3.52. The zero-order chi connectivity index (χ0) is 15.8. The fourth-order valence-electron chi connectivity index (χ4n) is 2.37. The Morgan fingerprint density at radius 1 is 1.43 bits per heavy atom. The molecule has 0 spiro atoms. The highest BCUT2D eigenvalue weighted by molar-refractivity contribution is 5.40. The molecule has 0 bridgehead atoms. The first-order chi connectivity index (χ1) is 9.60. The molecule has 118 valence electrons. The number of hydrogen-bond donors (Lipinski definition) is 2. The summed E-state index contributed by atoms with van der Waals surface area (Å²) in [4.78, 5) is 11.6. The van der Waals surface area contributed by atoms with Gasteiger partial charge in [-0.25, -0.2) is 8.78 Å². The number of pyridine rings is 1. The number of aromatic nitrogens is 1. The lowest BCUT2D eigenvalue weighted by Gasteiger charge is -2.32. The van der Waals surface area contributed by atoms with Crippen molar-refractivity contribution in [2.24, 2.45) is 0 Å². The molecule has 21 heavy (non-hydrogen) atoms. The quantitative estimate of drug-likeness (QED) is 0.818. The largest absolute Gasteiger partial charge is 0.406 e. The number of nitrogens with zero attached hydrogens (tertiary/aromatic N) is 1. The van der Waals surface area contributed by atoms with Gasteiger partial charge < -0.3 is 15.6 Å². The zero-order valence-corrected chi connectivity index (χ0v) is 10.9. The summed E-state index contributed by atoms with van der Waals surface area (Å²) >= 11 is 0. The minimum Gasteiger partial charge on any atom is -0.394 e. The van der Waals surface area contributed by atoms with E-state index in [9.17, 15) is 26.7 Å². The minimum absolute atomic E-state index is 0.0754. The number of piperidine rings is 1. The van der Waals surface area contributed by atoms with Crippen molar-refractivity contribution in [3.8, 4) is 0 Å². The van der Waals surface area contributed by atoms with Crippen molar-refractivity contribution in [3.05, 3.63) is 28.2 Å². The van der Waals surface area contributed by atoms with Crippen molar-refractivity contribution in [1.82, 2.24) is 9.88 Å². The number of nitrogens with one attached hydrogen (secondary N) is 1. The Kier molecular flexibility index (Phi) is 3.96. The number of nitrogen functional groups attached to an aromatic ring is 1. The van der Waals surface area contributed by atoms with Crippen molar-refractivity contribution in [3.63, 3.8) is 0 Å². The summed E-state index contributed by atoms with van der Waals surface area (Å²) in [7, 11) is 0. The van der Waals surface area contributed by atoms with Crippen molar-refractivity contribution < 1.29 is 22.0 Å². The molecule has 1 saturated heterocycles. The lowest BCUT2D eigenvalue weighted by Crippen LogP contribution is -2.43. The second-order valence-corrected chi connectivity index (χ2v) is 5.04. The van der Waals surface area contributed by atoms with Gasteiger partial charge in [0.1, 0.15) is 6.54 Å². The van der Waals surface area contributed by atoms with Gasteiger partial charge in [0.25, 0.3) is 11.5 Å². The summed E-state index contributed by atoms with van der Waals surface area (Å²) in [5.41, 5.74) is 3.78. The normalized spacial score (nSPS) is 22.2. The van der Waals surface area contributed by atoms with Crippen LogP contribution < -0.4 is 16.6 Å². The summed E-state index contributed by atoms with van der Waals surface area (Å²) < 4.78 is 65.3. The number of alkyl halides is 5. The van der Waals surface area contributed by atoms with Gasteiger partial charge in [0, 0.05) is 25.7 Å². The maximum Gasteiger partial charge on any atom is 0.406 e. The Labute approximate surface area is 116 Å². The van der Waals surface area contributed by atoms with E-state index in [1.54, 1.807) is 0 Å². The third-order valence-electron chi connectivity index (χ3n) is 3.38. The molecule has 4 nitrogen and oxygen atoms in total. The molecule has 0 amide bonds. The van der Waals surface area contributed by atoms with Crippen LogP contribution >= 0.6 is 0 Å². The van der Waals surface area contributed by atoms with Crippen molar-refractivity contribution in [2.75, 3.05) is 18.8 Å². The first-order valence-electron chi connectivity index (χ1n) is 6.25. The van der Waals surface area contributed by atoms with E-state index in [-0.39, 0.29) is 18.7 Å².